The summed E-state index contributed by atoms with van der Waals surface area (Å²) < 4.78 is 0. The number of hydrogen-bond donors (Lipinski definition) is 1. The van der Waals surface area contributed by atoms with Crippen LogP contribution in [0.4, 0.5) is 5.69 Å². The van der Waals surface area contributed by atoms with E-state index >= 15 is 0 Å². The molecule has 0 heterocycles. The molecule has 0 radical (unpaired) electrons. The van der Waals surface area contributed by atoms with Crippen LogP contribution in [0.15, 0.2) is 24.3 Å². The highest BCUT2D eigenvalue weighted by Gasteiger charge is 2.18. The molecule has 1 aromatic carbocycles. The normalized spacial score (nSPS) is 11.3. The number of carbonyl (C=O) groups excluding carboxylic acids is 1. The first-order valence-electron chi connectivity index (χ1n) is 7.88. The van der Waals surface area contributed by atoms with Crippen molar-refractivity contribution in [2.45, 2.75) is 58.8 Å². The van der Waals surface area contributed by atoms with E-state index in [2.05, 4.69) is 20.8 Å². The van der Waals surface area contributed by atoms with E-state index in [4.69, 9.17) is 5.11 Å². The summed E-state index contributed by atoms with van der Waals surface area (Å²) in [5.41, 5.74) is 2.02. The molecule has 0 fully saturated rings. The lowest BCUT2D eigenvalue weighted by molar-refractivity contribution is -0.136. The number of carbonyl (C=O) groups is 2. The van der Waals surface area contributed by atoms with Gasteiger partial charge in [0.2, 0.25) is 5.91 Å². The second kappa shape index (κ2) is 7.97. The van der Waals surface area contributed by atoms with Gasteiger partial charge in [-0.2, -0.15) is 0 Å². The molecule has 0 saturated heterocycles. The summed E-state index contributed by atoms with van der Waals surface area (Å²) in [5.74, 6) is -0.897. The van der Waals surface area contributed by atoms with Gasteiger partial charge >= 0.3 is 5.97 Å². The Hall–Kier alpha value is -1.84. The molecule has 4 heteroatoms. The van der Waals surface area contributed by atoms with Gasteiger partial charge in [0.25, 0.3) is 0 Å². The summed E-state index contributed by atoms with van der Waals surface area (Å²) in [6.45, 7) is 8.66. The van der Waals surface area contributed by atoms with E-state index in [1.165, 1.54) is 5.56 Å². The zero-order chi connectivity index (χ0) is 16.8. The van der Waals surface area contributed by atoms with E-state index in [9.17, 15) is 9.59 Å². The Kier molecular flexibility index (Phi) is 6.60. The van der Waals surface area contributed by atoms with Crippen molar-refractivity contribution in [2.24, 2.45) is 0 Å². The predicted molar refractivity (Wildman–Crippen MR) is 89.3 cm³/mol. The first-order chi connectivity index (χ1) is 10.3. The van der Waals surface area contributed by atoms with Crippen molar-refractivity contribution in [3.63, 3.8) is 0 Å². The Balaban J connectivity index is 2.94. The van der Waals surface area contributed by atoms with Gasteiger partial charge in [0.1, 0.15) is 0 Å². The number of carboxylic acids is 1. The molecule has 22 heavy (non-hydrogen) atoms. The first kappa shape index (κ1) is 18.2. The highest BCUT2D eigenvalue weighted by Crippen LogP contribution is 2.25. The summed E-state index contributed by atoms with van der Waals surface area (Å²) in [5, 5.41) is 8.88. The Morgan fingerprint density at radius 1 is 1.09 bits per heavy atom. The molecule has 1 amide bonds. The van der Waals surface area contributed by atoms with Crippen molar-refractivity contribution >= 4 is 17.6 Å². The molecule has 0 spiro atoms. The van der Waals surface area contributed by atoms with Crippen LogP contribution in [0, 0.1) is 0 Å². The van der Waals surface area contributed by atoms with E-state index in [1.54, 1.807) is 4.90 Å². The molecular weight excluding hydrogens is 278 g/mol. The Morgan fingerprint density at radius 2 is 1.68 bits per heavy atom. The number of aliphatic carboxylic acids is 1. The van der Waals surface area contributed by atoms with E-state index < -0.39 is 5.97 Å². The summed E-state index contributed by atoms with van der Waals surface area (Å²) in [4.78, 5) is 24.7. The molecule has 1 rings (SSSR count). The molecule has 122 valence electrons. The molecule has 0 aromatic heterocycles. The summed E-state index contributed by atoms with van der Waals surface area (Å²) >= 11 is 0. The maximum atomic E-state index is 12.3. The number of anilines is 1. The zero-order valence-electron chi connectivity index (χ0n) is 14.1. The van der Waals surface area contributed by atoms with Crippen LogP contribution in [0.1, 0.15) is 58.9 Å². The Labute approximate surface area is 133 Å². The topological polar surface area (TPSA) is 57.6 Å². The average Bonchev–Trinajstić information content (AvgIpc) is 2.44. The van der Waals surface area contributed by atoms with Crippen LogP contribution in [0.25, 0.3) is 0 Å². The van der Waals surface area contributed by atoms with Gasteiger partial charge in [-0.1, -0.05) is 46.2 Å². The lowest BCUT2D eigenvalue weighted by atomic mass is 9.87. The van der Waals surface area contributed by atoms with Gasteiger partial charge in [-0.3, -0.25) is 9.59 Å². The number of benzene rings is 1. The first-order valence-corrected chi connectivity index (χ1v) is 7.88. The van der Waals surface area contributed by atoms with Crippen molar-refractivity contribution in [3.8, 4) is 0 Å². The molecule has 0 unspecified atom stereocenters. The van der Waals surface area contributed by atoms with E-state index in [0.717, 1.165) is 18.5 Å². The molecular formula is C18H27NO3. The maximum absolute atomic E-state index is 12.3. The number of amides is 1. The second-order valence-electron chi connectivity index (χ2n) is 6.59. The molecule has 0 bridgehead atoms. The van der Waals surface area contributed by atoms with Crippen molar-refractivity contribution in [1.29, 1.82) is 0 Å². The average molecular weight is 305 g/mol. The minimum absolute atomic E-state index is 0.00777. The third kappa shape index (κ3) is 5.51. The monoisotopic (exact) mass is 305 g/mol. The smallest absolute Gasteiger partial charge is 0.305 e. The van der Waals surface area contributed by atoms with E-state index in [1.807, 2.05) is 31.2 Å². The summed E-state index contributed by atoms with van der Waals surface area (Å²) in [6, 6.07) is 7.84. The maximum Gasteiger partial charge on any atom is 0.305 e. The minimum atomic E-state index is -0.889. The third-order valence-electron chi connectivity index (χ3n) is 3.64. The van der Waals surface area contributed by atoms with Gasteiger partial charge < -0.3 is 10.0 Å². The van der Waals surface area contributed by atoms with Crippen LogP contribution >= 0.6 is 0 Å². The van der Waals surface area contributed by atoms with Crippen molar-refractivity contribution < 1.29 is 14.7 Å². The van der Waals surface area contributed by atoms with Crippen molar-refractivity contribution in [3.05, 3.63) is 29.8 Å². The van der Waals surface area contributed by atoms with Gasteiger partial charge in [-0.15, -0.1) is 0 Å². The fraction of sp³-hybridized carbons (Fsp3) is 0.556. The zero-order valence-corrected chi connectivity index (χ0v) is 14.1. The van der Waals surface area contributed by atoms with Crippen molar-refractivity contribution in [1.82, 2.24) is 0 Å². The van der Waals surface area contributed by atoms with Crippen LogP contribution < -0.4 is 4.90 Å². The number of nitrogens with zero attached hydrogens (tertiary/aromatic N) is 1. The fourth-order valence-corrected chi connectivity index (χ4v) is 2.21. The molecule has 0 aliphatic rings. The van der Waals surface area contributed by atoms with Crippen LogP contribution in [0.5, 0.6) is 0 Å². The van der Waals surface area contributed by atoms with Crippen LogP contribution in [-0.4, -0.2) is 23.5 Å². The Morgan fingerprint density at radius 3 is 2.14 bits per heavy atom. The molecule has 0 atom stereocenters. The lowest BCUT2D eigenvalue weighted by Gasteiger charge is -2.24. The van der Waals surface area contributed by atoms with Gasteiger partial charge in [0, 0.05) is 18.7 Å². The highest BCUT2D eigenvalue weighted by molar-refractivity contribution is 5.93. The largest absolute Gasteiger partial charge is 0.481 e. The van der Waals surface area contributed by atoms with E-state index in [0.29, 0.717) is 6.42 Å². The predicted octanol–water partition coefficient (Wildman–Crippen LogP) is 3.98. The van der Waals surface area contributed by atoms with E-state index in [-0.39, 0.29) is 24.3 Å². The summed E-state index contributed by atoms with van der Waals surface area (Å²) in [7, 11) is 0. The number of unbranched alkanes of at least 4 members (excludes halogenated alkanes) is 1. The lowest BCUT2D eigenvalue weighted by Crippen LogP contribution is -2.32. The molecule has 1 N–H and O–H groups in total. The van der Waals surface area contributed by atoms with Gasteiger partial charge in [-0.25, -0.2) is 0 Å². The molecule has 0 aliphatic carbocycles. The van der Waals surface area contributed by atoms with Gasteiger partial charge in [-0.05, 0) is 29.5 Å². The SMILES string of the molecule is CCCCC(=O)N(CCC(=O)O)c1ccc(C(C)(C)C)cc1. The Bertz CT molecular complexity index is 500. The highest BCUT2D eigenvalue weighted by atomic mass is 16.4. The quantitative estimate of drug-likeness (QED) is 0.829. The third-order valence-corrected chi connectivity index (χ3v) is 3.64. The molecule has 1 aromatic rings. The van der Waals surface area contributed by atoms with Crippen molar-refractivity contribution in [2.75, 3.05) is 11.4 Å². The summed E-state index contributed by atoms with van der Waals surface area (Å²) in [6.07, 6.45) is 2.18. The van der Waals surface area contributed by atoms with Crippen LogP contribution in [0.3, 0.4) is 0 Å². The minimum Gasteiger partial charge on any atom is -0.481 e. The van der Waals surface area contributed by atoms with Gasteiger partial charge in [0.15, 0.2) is 0 Å². The number of carboxylic acid groups (broad SMARTS) is 1. The molecule has 4 nitrogen and oxygen atoms in total. The number of rotatable bonds is 7. The van der Waals surface area contributed by atoms with Crippen LogP contribution in [-0.2, 0) is 15.0 Å². The molecule has 0 saturated carbocycles. The fourth-order valence-electron chi connectivity index (χ4n) is 2.21. The van der Waals surface area contributed by atoms with Crippen LogP contribution in [0.2, 0.25) is 0 Å². The molecule has 0 aliphatic heterocycles. The van der Waals surface area contributed by atoms with Gasteiger partial charge in [0.05, 0.1) is 6.42 Å². The standard InChI is InChI=1S/C18H27NO3/c1-5-6-7-16(20)19(13-12-17(21)22)15-10-8-14(9-11-15)18(2,3)4/h8-11H,5-7,12-13H2,1-4H3,(H,21,22). The number of hydrogen-bond acceptors (Lipinski definition) is 2. The second-order valence-corrected chi connectivity index (χ2v) is 6.59.